The molecule has 0 atom stereocenters. The van der Waals surface area contributed by atoms with Crippen molar-refractivity contribution >= 4 is 26.8 Å². The molecular formula is C22H27F3N4O4S. The zero-order chi connectivity index (χ0) is 24.9. The molecule has 0 radical (unpaired) electrons. The molecule has 2 N–H and O–H groups in total. The summed E-state index contributed by atoms with van der Waals surface area (Å²) in [6, 6.07) is 13.1. The summed E-state index contributed by atoms with van der Waals surface area (Å²) < 4.78 is 67.4. The normalized spacial score (nSPS) is 15.3. The minimum atomic E-state index is -4.33. The lowest BCUT2D eigenvalue weighted by Crippen LogP contribution is -2.47. The van der Waals surface area contributed by atoms with E-state index in [1.54, 1.807) is 10.6 Å². The summed E-state index contributed by atoms with van der Waals surface area (Å²) in [6.07, 6.45) is -4.33. The molecule has 0 aliphatic carbocycles. The molecule has 1 aliphatic heterocycles. The molecule has 8 nitrogen and oxygen atoms in total. The molecule has 1 saturated heterocycles. The van der Waals surface area contributed by atoms with Gasteiger partial charge < -0.3 is 9.88 Å². The fraction of sp³-hybridized carbons (Fsp3) is 0.409. The second-order valence-corrected chi connectivity index (χ2v) is 9.59. The summed E-state index contributed by atoms with van der Waals surface area (Å²) in [7, 11) is -3.66. The van der Waals surface area contributed by atoms with Crippen molar-refractivity contribution in [2.75, 3.05) is 43.4 Å². The molecule has 12 heteroatoms. The number of benzene rings is 2. The van der Waals surface area contributed by atoms with Crippen LogP contribution in [0.25, 0.3) is 11.0 Å². The Labute approximate surface area is 195 Å². The number of aromatic nitrogens is 2. The van der Waals surface area contributed by atoms with Gasteiger partial charge in [0.05, 0.1) is 22.3 Å². The molecule has 4 rings (SSSR count). The summed E-state index contributed by atoms with van der Waals surface area (Å²) >= 11 is 0. The molecule has 1 aliphatic rings. The van der Waals surface area contributed by atoms with Crippen molar-refractivity contribution in [3.05, 3.63) is 64.6 Å². The highest BCUT2D eigenvalue weighted by Gasteiger charge is 2.31. The molecule has 2 aromatic carbocycles. The van der Waals surface area contributed by atoms with Gasteiger partial charge in [-0.05, 0) is 37.3 Å². The first kappa shape index (κ1) is 25.8. The van der Waals surface area contributed by atoms with Crippen molar-refractivity contribution in [2.45, 2.75) is 19.6 Å². The fourth-order valence-corrected chi connectivity index (χ4v) is 3.68. The zero-order valence-electron chi connectivity index (χ0n) is 18.6. The minimum Gasteiger partial charge on any atom is -0.369 e. The Morgan fingerprint density at radius 3 is 2.26 bits per heavy atom. The number of H-pyrrole nitrogens is 1. The number of nitrogens with zero attached hydrogens (tertiary/aromatic N) is 3. The van der Waals surface area contributed by atoms with E-state index in [4.69, 9.17) is 4.55 Å². The molecule has 0 unspecified atom stereocenters. The van der Waals surface area contributed by atoms with E-state index in [1.807, 2.05) is 29.2 Å². The Bertz CT molecular complexity index is 1260. The molecule has 34 heavy (non-hydrogen) atoms. The standard InChI is InChI=1S/C20H21F3N4O.C2H6O3S/c21-20(22,23)15-4-3-5-16(14-15)26-11-8-25(9-12-26)10-13-27-18-7-2-1-6-17(18)24-19(27)28;1-2-6(3,4)5/h1-7,14H,8-13H2,(H,24,28);2H2,1H3,(H,3,4,5). The molecule has 186 valence electrons. The Hall–Kier alpha value is -2.83. The predicted octanol–water partition coefficient (Wildman–Crippen LogP) is 3.06. The van der Waals surface area contributed by atoms with Crippen molar-refractivity contribution in [2.24, 2.45) is 0 Å². The number of piperazine rings is 1. The van der Waals surface area contributed by atoms with E-state index in [9.17, 15) is 26.4 Å². The lowest BCUT2D eigenvalue weighted by Gasteiger charge is -2.36. The van der Waals surface area contributed by atoms with Crippen LogP contribution in [-0.4, -0.2) is 65.9 Å². The van der Waals surface area contributed by atoms with Crippen LogP contribution in [0.3, 0.4) is 0 Å². The predicted molar refractivity (Wildman–Crippen MR) is 125 cm³/mol. The smallest absolute Gasteiger partial charge is 0.369 e. The van der Waals surface area contributed by atoms with Crippen molar-refractivity contribution in [3.63, 3.8) is 0 Å². The minimum absolute atomic E-state index is 0.121. The second-order valence-electron chi connectivity index (χ2n) is 7.85. The van der Waals surface area contributed by atoms with E-state index in [2.05, 4.69) is 9.88 Å². The number of rotatable bonds is 5. The van der Waals surface area contributed by atoms with Gasteiger partial charge in [0.1, 0.15) is 0 Å². The van der Waals surface area contributed by atoms with E-state index >= 15 is 0 Å². The second kappa shape index (κ2) is 10.6. The third-order valence-corrected chi connectivity index (χ3v) is 6.33. The maximum atomic E-state index is 12.9. The van der Waals surface area contributed by atoms with Crippen molar-refractivity contribution < 1.29 is 26.1 Å². The van der Waals surface area contributed by atoms with Gasteiger partial charge in [-0.3, -0.25) is 14.0 Å². The van der Waals surface area contributed by atoms with E-state index in [0.29, 0.717) is 25.3 Å². The molecule has 0 amide bonds. The topological polar surface area (TPSA) is 98.6 Å². The van der Waals surface area contributed by atoms with Gasteiger partial charge in [-0.1, -0.05) is 18.2 Å². The zero-order valence-corrected chi connectivity index (χ0v) is 19.4. The van der Waals surface area contributed by atoms with Crippen LogP contribution in [0.15, 0.2) is 53.3 Å². The van der Waals surface area contributed by atoms with Crippen LogP contribution in [0.1, 0.15) is 12.5 Å². The summed E-state index contributed by atoms with van der Waals surface area (Å²) in [4.78, 5) is 19.2. The quantitative estimate of drug-likeness (QED) is 0.523. The maximum Gasteiger partial charge on any atom is 0.416 e. The first-order valence-corrected chi connectivity index (χ1v) is 12.4. The molecule has 0 bridgehead atoms. The van der Waals surface area contributed by atoms with E-state index < -0.39 is 21.9 Å². The molecule has 0 spiro atoms. The van der Waals surface area contributed by atoms with Crippen LogP contribution in [0, 0.1) is 0 Å². The molecule has 3 aromatic rings. The van der Waals surface area contributed by atoms with Crippen LogP contribution in [0.2, 0.25) is 0 Å². The number of hydrogen-bond acceptors (Lipinski definition) is 5. The number of hydrogen-bond donors (Lipinski definition) is 2. The Kier molecular flexibility index (Phi) is 8.05. The van der Waals surface area contributed by atoms with Gasteiger partial charge in [-0.25, -0.2) is 4.79 Å². The highest BCUT2D eigenvalue weighted by Crippen LogP contribution is 2.31. The van der Waals surface area contributed by atoms with Crippen molar-refractivity contribution in [3.8, 4) is 0 Å². The third kappa shape index (κ3) is 6.84. The number of halogens is 3. The Morgan fingerprint density at radius 2 is 1.65 bits per heavy atom. The number of anilines is 1. The summed E-state index contributed by atoms with van der Waals surface area (Å²) in [5.74, 6) is -0.201. The number of para-hydroxylation sites is 2. The van der Waals surface area contributed by atoms with Gasteiger partial charge in [0, 0.05) is 45.0 Å². The number of fused-ring (bicyclic) bond motifs is 1. The first-order valence-electron chi connectivity index (χ1n) is 10.7. The van der Waals surface area contributed by atoms with Crippen LogP contribution < -0.4 is 10.6 Å². The number of imidazole rings is 1. The van der Waals surface area contributed by atoms with E-state index in [-0.39, 0.29) is 11.4 Å². The lowest BCUT2D eigenvalue weighted by atomic mass is 10.1. The third-order valence-electron chi connectivity index (χ3n) is 5.60. The van der Waals surface area contributed by atoms with Gasteiger partial charge in [0.2, 0.25) is 0 Å². The molecule has 1 fully saturated rings. The van der Waals surface area contributed by atoms with Gasteiger partial charge in [0.15, 0.2) is 0 Å². The van der Waals surface area contributed by atoms with Crippen LogP contribution in [0.5, 0.6) is 0 Å². The largest absolute Gasteiger partial charge is 0.416 e. The highest BCUT2D eigenvalue weighted by atomic mass is 32.2. The van der Waals surface area contributed by atoms with E-state index in [0.717, 1.165) is 36.7 Å². The lowest BCUT2D eigenvalue weighted by molar-refractivity contribution is -0.137. The molecule has 0 saturated carbocycles. The van der Waals surface area contributed by atoms with Crippen LogP contribution >= 0.6 is 0 Å². The van der Waals surface area contributed by atoms with Crippen LogP contribution in [0.4, 0.5) is 18.9 Å². The van der Waals surface area contributed by atoms with Gasteiger partial charge in [-0.2, -0.15) is 21.6 Å². The first-order chi connectivity index (χ1) is 16.0. The molecule has 2 heterocycles. The summed E-state index contributed by atoms with van der Waals surface area (Å²) in [5, 5.41) is 0. The summed E-state index contributed by atoms with van der Waals surface area (Å²) in [5.41, 5.74) is 1.56. The average Bonchev–Trinajstić information content (AvgIpc) is 3.12. The fourth-order valence-electron chi connectivity index (χ4n) is 3.68. The van der Waals surface area contributed by atoms with Crippen LogP contribution in [-0.2, 0) is 22.8 Å². The highest BCUT2D eigenvalue weighted by molar-refractivity contribution is 7.85. The molecule has 1 aromatic heterocycles. The monoisotopic (exact) mass is 500 g/mol. The van der Waals surface area contributed by atoms with Gasteiger partial charge in [0.25, 0.3) is 10.1 Å². The number of nitrogens with one attached hydrogen (secondary N) is 1. The Morgan fingerprint density at radius 1 is 1.00 bits per heavy atom. The van der Waals surface area contributed by atoms with Gasteiger partial charge in [-0.15, -0.1) is 0 Å². The number of alkyl halides is 3. The summed E-state index contributed by atoms with van der Waals surface area (Å²) in [6.45, 7) is 5.47. The van der Waals surface area contributed by atoms with E-state index in [1.165, 1.54) is 19.1 Å². The van der Waals surface area contributed by atoms with Crippen molar-refractivity contribution in [1.82, 2.24) is 14.5 Å². The Balaban J connectivity index is 0.000000481. The average molecular weight is 501 g/mol. The number of aromatic amines is 1. The molecular weight excluding hydrogens is 473 g/mol. The van der Waals surface area contributed by atoms with Gasteiger partial charge >= 0.3 is 11.9 Å². The van der Waals surface area contributed by atoms with Crippen molar-refractivity contribution in [1.29, 1.82) is 0 Å². The maximum absolute atomic E-state index is 12.9. The SMILES string of the molecule is CCS(=O)(=O)O.O=c1[nH]c2ccccc2n1CCN1CCN(c2cccc(C(F)(F)F)c2)CC1.